The molecule has 1 heterocycles. The van der Waals surface area contributed by atoms with Gasteiger partial charge in [-0.15, -0.1) is 0 Å². The van der Waals surface area contributed by atoms with Crippen molar-refractivity contribution in [2.75, 3.05) is 5.32 Å². The van der Waals surface area contributed by atoms with Crippen LogP contribution >= 0.6 is 15.9 Å². The molecule has 0 bridgehead atoms. The van der Waals surface area contributed by atoms with Crippen LogP contribution in [0.25, 0.3) is 0 Å². The normalized spacial score (nSPS) is 12.4. The summed E-state index contributed by atoms with van der Waals surface area (Å²) in [5, 5.41) is 9.82. The van der Waals surface area contributed by atoms with Gasteiger partial charge in [0.05, 0.1) is 16.4 Å². The summed E-state index contributed by atoms with van der Waals surface area (Å²) in [6.45, 7) is 2.01. The van der Waals surface area contributed by atoms with Crippen LogP contribution in [0.1, 0.15) is 18.5 Å². The van der Waals surface area contributed by atoms with Gasteiger partial charge in [-0.25, -0.2) is 4.39 Å². The van der Waals surface area contributed by atoms with Gasteiger partial charge >= 0.3 is 0 Å². The van der Waals surface area contributed by atoms with Crippen molar-refractivity contribution in [2.45, 2.75) is 13.0 Å². The first-order valence-corrected chi connectivity index (χ1v) is 5.66. The first kappa shape index (κ1) is 11.1. The van der Waals surface area contributed by atoms with E-state index in [1.807, 2.05) is 6.92 Å². The molecule has 3 nitrogen and oxygen atoms in total. The molecule has 0 aliphatic rings. The molecule has 0 fully saturated rings. The smallest absolute Gasteiger partial charge is 0.137 e. The fourth-order valence-corrected chi connectivity index (χ4v) is 1.84. The minimum Gasteiger partial charge on any atom is -0.376 e. The number of aromatic nitrogens is 2. The summed E-state index contributed by atoms with van der Waals surface area (Å²) in [7, 11) is 0. The summed E-state index contributed by atoms with van der Waals surface area (Å²) in [6, 6.07) is 5.08. The first-order chi connectivity index (χ1) is 7.66. The number of benzene rings is 1. The standard InChI is InChI=1S/C11H11BrFN3/c1-7(16-9-5-14-15-6-9)8-2-3-11(13)10(12)4-8/h2-7,16H,1H3,(H,14,15). The van der Waals surface area contributed by atoms with Crippen LogP contribution < -0.4 is 5.32 Å². The SMILES string of the molecule is CC(Nc1cn[nH]c1)c1ccc(F)c(Br)c1. The maximum absolute atomic E-state index is 13.1. The fraction of sp³-hybridized carbons (Fsp3) is 0.182. The molecule has 1 atom stereocenters. The lowest BCUT2D eigenvalue weighted by Gasteiger charge is -2.14. The lowest BCUT2D eigenvalue weighted by molar-refractivity contribution is 0.619. The lowest BCUT2D eigenvalue weighted by Crippen LogP contribution is -2.06. The highest BCUT2D eigenvalue weighted by Crippen LogP contribution is 2.23. The lowest BCUT2D eigenvalue weighted by atomic mass is 10.1. The van der Waals surface area contributed by atoms with Crippen LogP contribution in [-0.2, 0) is 0 Å². The predicted octanol–water partition coefficient (Wildman–Crippen LogP) is 3.48. The molecule has 84 valence electrons. The van der Waals surface area contributed by atoms with Crippen molar-refractivity contribution in [3.05, 3.63) is 46.4 Å². The zero-order valence-electron chi connectivity index (χ0n) is 8.67. The van der Waals surface area contributed by atoms with E-state index in [1.54, 1.807) is 24.5 Å². The quantitative estimate of drug-likeness (QED) is 0.905. The van der Waals surface area contributed by atoms with E-state index in [0.29, 0.717) is 4.47 Å². The zero-order chi connectivity index (χ0) is 11.5. The molecule has 0 saturated carbocycles. The number of hydrogen-bond acceptors (Lipinski definition) is 2. The summed E-state index contributed by atoms with van der Waals surface area (Å²) < 4.78 is 13.5. The third-order valence-corrected chi connectivity index (χ3v) is 2.93. The van der Waals surface area contributed by atoms with Crippen molar-refractivity contribution < 1.29 is 4.39 Å². The van der Waals surface area contributed by atoms with Crippen LogP contribution in [-0.4, -0.2) is 10.2 Å². The minimum absolute atomic E-state index is 0.0921. The van der Waals surface area contributed by atoms with Gasteiger partial charge in [0.2, 0.25) is 0 Å². The molecule has 0 aliphatic carbocycles. The number of H-pyrrole nitrogens is 1. The average Bonchev–Trinajstić information content (AvgIpc) is 2.74. The molecule has 2 N–H and O–H groups in total. The van der Waals surface area contributed by atoms with Crippen LogP contribution in [0, 0.1) is 5.82 Å². The van der Waals surface area contributed by atoms with Gasteiger partial charge in [-0.1, -0.05) is 6.07 Å². The molecule has 5 heteroatoms. The topological polar surface area (TPSA) is 40.7 Å². The van der Waals surface area contributed by atoms with E-state index < -0.39 is 0 Å². The van der Waals surface area contributed by atoms with Crippen LogP contribution in [0.2, 0.25) is 0 Å². The van der Waals surface area contributed by atoms with E-state index in [9.17, 15) is 4.39 Å². The second-order valence-electron chi connectivity index (χ2n) is 3.53. The Balaban J connectivity index is 2.14. The summed E-state index contributed by atoms with van der Waals surface area (Å²) >= 11 is 3.17. The first-order valence-electron chi connectivity index (χ1n) is 4.87. The van der Waals surface area contributed by atoms with Crippen molar-refractivity contribution in [1.29, 1.82) is 0 Å². The van der Waals surface area contributed by atoms with Gasteiger partial charge in [0.25, 0.3) is 0 Å². The number of rotatable bonds is 3. The number of anilines is 1. The molecule has 0 saturated heterocycles. The molecule has 0 radical (unpaired) electrons. The largest absolute Gasteiger partial charge is 0.376 e. The third kappa shape index (κ3) is 2.41. The van der Waals surface area contributed by atoms with Gasteiger partial charge in [0.1, 0.15) is 5.82 Å². The molecule has 1 unspecified atom stereocenters. The summed E-state index contributed by atoms with van der Waals surface area (Å²) in [4.78, 5) is 0. The Hall–Kier alpha value is -1.36. The second-order valence-corrected chi connectivity index (χ2v) is 4.38. The Morgan fingerprint density at radius 1 is 1.50 bits per heavy atom. The molecule has 2 rings (SSSR count). The summed E-state index contributed by atoms with van der Waals surface area (Å²) in [5.74, 6) is -0.251. The minimum atomic E-state index is -0.251. The molecule has 0 aliphatic heterocycles. The van der Waals surface area contributed by atoms with E-state index in [1.165, 1.54) is 6.07 Å². The Labute approximate surface area is 101 Å². The van der Waals surface area contributed by atoms with Crippen molar-refractivity contribution in [3.8, 4) is 0 Å². The molecule has 1 aromatic heterocycles. The number of aromatic amines is 1. The molecule has 16 heavy (non-hydrogen) atoms. The molecule has 1 aromatic carbocycles. The van der Waals surface area contributed by atoms with E-state index in [0.717, 1.165) is 11.3 Å². The predicted molar refractivity (Wildman–Crippen MR) is 64.7 cm³/mol. The monoisotopic (exact) mass is 283 g/mol. The second kappa shape index (κ2) is 4.65. The molecule has 0 amide bonds. The Kier molecular flexibility index (Phi) is 3.24. The summed E-state index contributed by atoms with van der Waals surface area (Å²) in [5.41, 5.74) is 1.92. The molecule has 0 spiro atoms. The number of nitrogens with zero attached hydrogens (tertiary/aromatic N) is 1. The highest BCUT2D eigenvalue weighted by atomic mass is 79.9. The van der Waals surface area contributed by atoms with Crippen molar-refractivity contribution in [1.82, 2.24) is 10.2 Å². The highest BCUT2D eigenvalue weighted by Gasteiger charge is 2.08. The van der Waals surface area contributed by atoms with E-state index in [-0.39, 0.29) is 11.9 Å². The van der Waals surface area contributed by atoms with Crippen molar-refractivity contribution in [3.63, 3.8) is 0 Å². The van der Waals surface area contributed by atoms with Crippen LogP contribution in [0.5, 0.6) is 0 Å². The van der Waals surface area contributed by atoms with Gasteiger partial charge in [0, 0.05) is 12.2 Å². The van der Waals surface area contributed by atoms with Gasteiger partial charge in [-0.2, -0.15) is 5.10 Å². The maximum atomic E-state index is 13.1. The molecular weight excluding hydrogens is 273 g/mol. The maximum Gasteiger partial charge on any atom is 0.137 e. The number of halogens is 2. The fourth-order valence-electron chi connectivity index (χ4n) is 1.44. The average molecular weight is 284 g/mol. The Morgan fingerprint density at radius 3 is 2.94 bits per heavy atom. The van der Waals surface area contributed by atoms with E-state index in [2.05, 4.69) is 31.4 Å². The number of nitrogens with one attached hydrogen (secondary N) is 2. The molecular formula is C11H11BrFN3. The van der Waals surface area contributed by atoms with Gasteiger partial charge in [-0.3, -0.25) is 5.10 Å². The summed E-state index contributed by atoms with van der Waals surface area (Å²) in [6.07, 6.45) is 3.48. The van der Waals surface area contributed by atoms with E-state index in [4.69, 9.17) is 0 Å². The van der Waals surface area contributed by atoms with E-state index >= 15 is 0 Å². The zero-order valence-corrected chi connectivity index (χ0v) is 10.3. The number of hydrogen-bond donors (Lipinski definition) is 2. The third-order valence-electron chi connectivity index (χ3n) is 2.33. The molecule has 2 aromatic rings. The Morgan fingerprint density at radius 2 is 2.31 bits per heavy atom. The van der Waals surface area contributed by atoms with Crippen LogP contribution in [0.4, 0.5) is 10.1 Å². The van der Waals surface area contributed by atoms with Crippen LogP contribution in [0.15, 0.2) is 35.1 Å². The van der Waals surface area contributed by atoms with Gasteiger partial charge < -0.3 is 5.32 Å². The van der Waals surface area contributed by atoms with Crippen LogP contribution in [0.3, 0.4) is 0 Å². The Bertz CT molecular complexity index is 470. The highest BCUT2D eigenvalue weighted by molar-refractivity contribution is 9.10. The van der Waals surface area contributed by atoms with Gasteiger partial charge in [0.15, 0.2) is 0 Å². The van der Waals surface area contributed by atoms with Crippen molar-refractivity contribution in [2.24, 2.45) is 0 Å². The van der Waals surface area contributed by atoms with Crippen molar-refractivity contribution >= 4 is 21.6 Å². The van der Waals surface area contributed by atoms with Gasteiger partial charge in [-0.05, 0) is 40.5 Å².